The van der Waals surface area contributed by atoms with Crippen molar-refractivity contribution in [3.63, 3.8) is 0 Å². The summed E-state index contributed by atoms with van der Waals surface area (Å²) in [4.78, 5) is 11.9. The summed E-state index contributed by atoms with van der Waals surface area (Å²) in [6.45, 7) is 4.32. The molecule has 5 heteroatoms. The van der Waals surface area contributed by atoms with Gasteiger partial charge in [0.2, 0.25) is 0 Å². The Hall–Kier alpha value is -12.2. The number of fused-ring (bicyclic) bond motifs is 2. The van der Waals surface area contributed by atoms with Gasteiger partial charge in [0.1, 0.15) is 0 Å². The van der Waals surface area contributed by atoms with Crippen LogP contribution < -0.4 is 24.5 Å². The van der Waals surface area contributed by atoms with E-state index in [4.69, 9.17) is 0 Å². The third-order valence-electron chi connectivity index (χ3n) is 17.4. The van der Waals surface area contributed by atoms with E-state index in [0.29, 0.717) is 0 Å². The van der Waals surface area contributed by atoms with Gasteiger partial charge in [-0.2, -0.15) is 0 Å². The van der Waals surface area contributed by atoms with Crippen LogP contribution in [0.2, 0.25) is 0 Å². The normalized spacial score (nSPS) is 11.1. The molecule has 0 N–H and O–H groups in total. The average Bonchev–Trinajstić information content (AvgIpc) is 0.902. The maximum atomic E-state index is 2.40. The van der Waals surface area contributed by atoms with Crippen molar-refractivity contribution in [2.24, 2.45) is 0 Å². The molecule has 0 aliphatic heterocycles. The van der Waals surface area contributed by atoms with E-state index in [2.05, 4.69) is 408 Å². The van der Waals surface area contributed by atoms with Crippen LogP contribution in [0, 0.1) is 13.8 Å². The summed E-state index contributed by atoms with van der Waals surface area (Å²) in [6, 6.07) is 134. The summed E-state index contributed by atoms with van der Waals surface area (Å²) in [6.07, 6.45) is 0. The highest BCUT2D eigenvalue weighted by molar-refractivity contribution is 6.02. The molecule has 15 aromatic carbocycles. The first-order chi connectivity index (χ1) is 45.9. The molecule has 0 unspecified atom stereocenters. The summed E-state index contributed by atoms with van der Waals surface area (Å²) < 4.78 is 0. The topological polar surface area (TPSA) is 16.2 Å². The first-order valence-corrected chi connectivity index (χ1v) is 31.8. The minimum absolute atomic E-state index is 1.01. The molecule has 444 valence electrons. The van der Waals surface area contributed by atoms with E-state index < -0.39 is 0 Å². The Kier molecular flexibility index (Phi) is 15.8. The van der Waals surface area contributed by atoms with Gasteiger partial charge in [-0.15, -0.1) is 0 Å². The molecule has 0 bridgehead atoms. The van der Waals surface area contributed by atoms with Gasteiger partial charge in [-0.1, -0.05) is 212 Å². The van der Waals surface area contributed by atoms with Gasteiger partial charge >= 0.3 is 0 Å². The molecule has 0 radical (unpaired) electrons. The number of hydrogen-bond donors (Lipinski definition) is 0. The minimum atomic E-state index is 1.01. The van der Waals surface area contributed by atoms with Gasteiger partial charge in [0.25, 0.3) is 0 Å². The first-order valence-electron chi connectivity index (χ1n) is 31.8. The van der Waals surface area contributed by atoms with Gasteiger partial charge in [0, 0.05) is 67.6 Å². The summed E-state index contributed by atoms with van der Waals surface area (Å²) in [5, 5.41) is 4.72. The van der Waals surface area contributed by atoms with Crippen LogP contribution in [0.3, 0.4) is 0 Å². The SMILES string of the molecule is Cc1cccc(N(c2ccccc2)c2cc(N(c3ccccc3)c3cccc(C)c3)cc(N(c3ccccc3)c3cccc(-c4ccc5c(N(c6ccccc6)c6ccc(-c7ccc(N(c8ccccc8)c8cccc9ccccc89)cc7)cc6)cccc5c4)c3)c2)c1. The number of aryl methyl sites for hydroxylation is 2. The molecular weight excluding hydrogens is 1130 g/mol. The van der Waals surface area contributed by atoms with Gasteiger partial charge in [-0.05, 0) is 216 Å². The van der Waals surface area contributed by atoms with E-state index in [-0.39, 0.29) is 0 Å². The third kappa shape index (κ3) is 11.9. The molecule has 0 aromatic heterocycles. The molecular formula is C88H67N5. The standard InChI is InChI=1S/C88H67N5/c1-64-25-20-41-79(57-64)89(72-31-8-3-9-32-72)82-61-83(90(73-33-10-4-11-34-73)80-42-21-26-65(2)58-80)63-84(62-82)91(74-35-12-5-13-36-74)81-43-22-29-69(60-81)70-51-56-86-71(59-70)30-24-46-88(86)93(76-39-16-7-17-40-76)78-54-49-67(50-55-78)66-47-52-77(53-48-66)92(75-37-14-6-15-38-75)87-45-23-28-68-27-18-19-44-85(68)87/h3-63H,1-2H3. The van der Waals surface area contributed by atoms with Crippen LogP contribution in [0.25, 0.3) is 43.8 Å². The zero-order chi connectivity index (χ0) is 62.5. The van der Waals surface area contributed by atoms with Gasteiger partial charge in [-0.3, -0.25) is 0 Å². The Balaban J connectivity index is 0.800. The molecule has 0 spiro atoms. The zero-order valence-electron chi connectivity index (χ0n) is 52.0. The van der Waals surface area contributed by atoms with E-state index in [0.717, 1.165) is 118 Å². The van der Waals surface area contributed by atoms with Crippen molar-refractivity contribution in [1.29, 1.82) is 0 Å². The van der Waals surface area contributed by atoms with Crippen molar-refractivity contribution in [3.8, 4) is 22.3 Å². The van der Waals surface area contributed by atoms with Crippen molar-refractivity contribution in [3.05, 3.63) is 381 Å². The maximum absolute atomic E-state index is 2.40. The quantitative estimate of drug-likeness (QED) is 0.0900. The molecule has 15 aromatic rings. The Labute approximate surface area is 545 Å². The lowest BCUT2D eigenvalue weighted by atomic mass is 9.98. The smallest absolute Gasteiger partial charge is 0.0540 e. The summed E-state index contributed by atoms with van der Waals surface area (Å²) in [7, 11) is 0. The Bertz CT molecular complexity index is 4950. The van der Waals surface area contributed by atoms with Crippen molar-refractivity contribution < 1.29 is 0 Å². The first kappa shape index (κ1) is 57.3. The van der Waals surface area contributed by atoms with Crippen molar-refractivity contribution in [2.75, 3.05) is 24.5 Å². The molecule has 0 fully saturated rings. The van der Waals surface area contributed by atoms with Crippen LogP contribution in [0.15, 0.2) is 370 Å². The summed E-state index contributed by atoms with van der Waals surface area (Å²) in [5.41, 5.74) is 22.9. The molecule has 93 heavy (non-hydrogen) atoms. The summed E-state index contributed by atoms with van der Waals surface area (Å²) >= 11 is 0. The predicted molar refractivity (Wildman–Crippen MR) is 395 cm³/mol. The van der Waals surface area contributed by atoms with E-state index in [1.54, 1.807) is 0 Å². The highest BCUT2D eigenvalue weighted by Gasteiger charge is 2.24. The van der Waals surface area contributed by atoms with Crippen LogP contribution in [0.4, 0.5) is 85.3 Å². The monoisotopic (exact) mass is 1190 g/mol. The highest BCUT2D eigenvalue weighted by Crippen LogP contribution is 2.48. The van der Waals surface area contributed by atoms with E-state index in [1.165, 1.54) is 21.9 Å². The predicted octanol–water partition coefficient (Wildman–Crippen LogP) is 25.3. The van der Waals surface area contributed by atoms with E-state index >= 15 is 0 Å². The molecule has 0 amide bonds. The van der Waals surface area contributed by atoms with Crippen molar-refractivity contribution >= 4 is 107 Å². The van der Waals surface area contributed by atoms with Gasteiger partial charge in [-0.25, -0.2) is 0 Å². The van der Waals surface area contributed by atoms with Gasteiger partial charge in [0.15, 0.2) is 0 Å². The lowest BCUT2D eigenvalue weighted by Crippen LogP contribution is -2.16. The van der Waals surface area contributed by atoms with Crippen molar-refractivity contribution in [1.82, 2.24) is 0 Å². The van der Waals surface area contributed by atoms with Gasteiger partial charge in [0.05, 0.1) is 28.4 Å². The molecule has 0 aliphatic rings. The second kappa shape index (κ2) is 25.7. The Morgan fingerprint density at radius 2 is 0.462 bits per heavy atom. The van der Waals surface area contributed by atoms with Crippen molar-refractivity contribution in [2.45, 2.75) is 13.8 Å². The van der Waals surface area contributed by atoms with Gasteiger partial charge < -0.3 is 24.5 Å². The number of nitrogens with zero attached hydrogens (tertiary/aromatic N) is 5. The van der Waals surface area contributed by atoms with Crippen LogP contribution in [-0.4, -0.2) is 0 Å². The summed E-state index contributed by atoms with van der Waals surface area (Å²) in [5.74, 6) is 0. The number of rotatable bonds is 17. The molecule has 0 atom stereocenters. The largest absolute Gasteiger partial charge is 0.310 e. The Morgan fingerprint density at radius 1 is 0.161 bits per heavy atom. The Morgan fingerprint density at radius 3 is 0.892 bits per heavy atom. The molecule has 0 aliphatic carbocycles. The number of anilines is 15. The lowest BCUT2D eigenvalue weighted by molar-refractivity contribution is 1.22. The maximum Gasteiger partial charge on any atom is 0.0540 e. The molecule has 0 heterocycles. The van der Waals surface area contributed by atoms with Crippen LogP contribution in [0.1, 0.15) is 11.1 Å². The molecule has 15 rings (SSSR count). The molecule has 0 saturated heterocycles. The van der Waals surface area contributed by atoms with E-state index in [9.17, 15) is 0 Å². The fourth-order valence-electron chi connectivity index (χ4n) is 13.1. The third-order valence-corrected chi connectivity index (χ3v) is 17.4. The number of para-hydroxylation sites is 5. The lowest BCUT2D eigenvalue weighted by Gasteiger charge is -2.33. The fourth-order valence-corrected chi connectivity index (χ4v) is 13.1. The number of benzene rings is 15. The average molecular weight is 1190 g/mol. The zero-order valence-corrected chi connectivity index (χ0v) is 52.0. The molecule has 5 nitrogen and oxygen atoms in total. The van der Waals surface area contributed by atoms with E-state index in [1.807, 2.05) is 0 Å². The fraction of sp³-hybridized carbons (Fsp3) is 0.0227. The number of hydrogen-bond acceptors (Lipinski definition) is 5. The van der Waals surface area contributed by atoms with Crippen LogP contribution >= 0.6 is 0 Å². The van der Waals surface area contributed by atoms with Crippen LogP contribution in [0.5, 0.6) is 0 Å². The van der Waals surface area contributed by atoms with Crippen LogP contribution in [-0.2, 0) is 0 Å². The second-order valence-electron chi connectivity index (χ2n) is 23.6. The second-order valence-corrected chi connectivity index (χ2v) is 23.6. The molecule has 0 saturated carbocycles. The highest BCUT2D eigenvalue weighted by atomic mass is 15.2. The minimum Gasteiger partial charge on any atom is -0.310 e.